The fourth-order valence-electron chi connectivity index (χ4n) is 10.8. The van der Waals surface area contributed by atoms with E-state index >= 15 is 0 Å². The third-order valence-electron chi connectivity index (χ3n) is 16.3. The highest BCUT2D eigenvalue weighted by atomic mass is 31.2. The molecule has 0 rings (SSSR count). The van der Waals surface area contributed by atoms with E-state index in [0.29, 0.717) is 17.4 Å². The molecule has 0 aliphatic rings. The fraction of sp³-hybridized carbons (Fsp3) is 0.875. The van der Waals surface area contributed by atoms with E-state index in [-0.39, 0.29) is 19.1 Å². The van der Waals surface area contributed by atoms with Crippen molar-refractivity contribution in [3.8, 4) is 0 Å². The predicted molar refractivity (Wildman–Crippen MR) is 355 cm³/mol. The Morgan fingerprint density at radius 1 is 0.420 bits per heavy atom. The number of quaternary nitrogens is 1. The number of nitrogens with one attached hydrogen (secondary N) is 1. The molecule has 0 radical (unpaired) electrons. The Hall–Kier alpha value is -1.54. The van der Waals surface area contributed by atoms with Gasteiger partial charge in [0.05, 0.1) is 39.9 Å². The fourth-order valence-corrected chi connectivity index (χ4v) is 11.5. The number of carbonyl (C=O) groups excluding carboxylic acids is 1. The van der Waals surface area contributed by atoms with E-state index in [9.17, 15) is 19.4 Å². The second-order valence-corrected chi connectivity index (χ2v) is 27.1. The molecule has 0 aliphatic carbocycles. The van der Waals surface area contributed by atoms with E-state index in [2.05, 4.69) is 55.6 Å². The Morgan fingerprint density at radius 2 is 0.704 bits per heavy atom. The number of nitrogens with zero attached hydrogens (tertiary/aromatic N) is 1. The van der Waals surface area contributed by atoms with Gasteiger partial charge in [-0.1, -0.05) is 339 Å². The van der Waals surface area contributed by atoms with Crippen LogP contribution in [0.25, 0.3) is 0 Å². The number of aliphatic hydroxyl groups is 1. The first-order valence-corrected chi connectivity index (χ1v) is 37.0. The lowest BCUT2D eigenvalue weighted by atomic mass is 10.0. The van der Waals surface area contributed by atoms with Crippen molar-refractivity contribution in [3.63, 3.8) is 0 Å². The van der Waals surface area contributed by atoms with E-state index in [0.717, 1.165) is 51.4 Å². The Morgan fingerprint density at radius 3 is 1.02 bits per heavy atom. The SMILES string of the molecule is CCCCCCC/C=C\C/C=C\C/C=C\CCCCCCCCCCCCCCCCC(=O)NC(COP(=O)(O)OCC[N+](C)(C)C)C(O)/C=C/CCCCCCCCCCCCCCCCCCCCCCCCCCCCCC. The van der Waals surface area contributed by atoms with E-state index < -0.39 is 20.0 Å². The van der Waals surface area contributed by atoms with Crippen LogP contribution < -0.4 is 5.32 Å². The van der Waals surface area contributed by atoms with Crippen LogP contribution in [0.1, 0.15) is 354 Å². The third kappa shape index (κ3) is 65.9. The molecule has 0 saturated heterocycles. The molecule has 0 aliphatic heterocycles. The lowest BCUT2D eigenvalue weighted by Crippen LogP contribution is -2.45. The van der Waals surface area contributed by atoms with Gasteiger partial charge in [0, 0.05) is 6.42 Å². The largest absolute Gasteiger partial charge is 0.472 e. The van der Waals surface area contributed by atoms with E-state index in [1.165, 1.54) is 283 Å². The maximum Gasteiger partial charge on any atom is 0.472 e. The van der Waals surface area contributed by atoms with Crippen molar-refractivity contribution in [2.45, 2.75) is 366 Å². The summed E-state index contributed by atoms with van der Waals surface area (Å²) in [4.78, 5) is 23.4. The Bertz CT molecular complexity index is 1460. The van der Waals surface area contributed by atoms with E-state index in [1.54, 1.807) is 6.08 Å². The number of allylic oxidation sites excluding steroid dienone is 7. The van der Waals surface area contributed by atoms with Crippen LogP contribution in [0.3, 0.4) is 0 Å². The lowest BCUT2D eigenvalue weighted by Gasteiger charge is -2.25. The molecule has 3 atom stereocenters. The molecular formula is C72H140N2O6P+. The molecule has 9 heteroatoms. The van der Waals surface area contributed by atoms with E-state index in [1.807, 2.05) is 27.2 Å². The number of hydrogen-bond acceptors (Lipinski definition) is 5. The maximum absolute atomic E-state index is 13.1. The van der Waals surface area contributed by atoms with E-state index in [4.69, 9.17) is 9.05 Å². The average molecular weight is 1160 g/mol. The molecule has 8 nitrogen and oxygen atoms in total. The summed E-state index contributed by atoms with van der Waals surface area (Å²) < 4.78 is 23.8. The van der Waals surface area contributed by atoms with Gasteiger partial charge in [-0.3, -0.25) is 13.8 Å². The van der Waals surface area contributed by atoms with Crippen LogP contribution in [0.2, 0.25) is 0 Å². The topological polar surface area (TPSA) is 105 Å². The number of phosphoric ester groups is 1. The van der Waals surface area contributed by atoms with Gasteiger partial charge in [-0.25, -0.2) is 4.57 Å². The zero-order chi connectivity index (χ0) is 59.1. The summed E-state index contributed by atoms with van der Waals surface area (Å²) in [5.74, 6) is -0.173. The Balaban J connectivity index is 4.06. The molecule has 0 heterocycles. The molecule has 0 bridgehead atoms. The van der Waals surface area contributed by atoms with Crippen LogP contribution in [-0.4, -0.2) is 73.4 Å². The summed E-state index contributed by atoms with van der Waals surface area (Å²) in [6.45, 7) is 4.85. The summed E-state index contributed by atoms with van der Waals surface area (Å²) in [7, 11) is 1.58. The van der Waals surface area contributed by atoms with Gasteiger partial charge >= 0.3 is 7.82 Å². The number of phosphoric acid groups is 1. The van der Waals surface area contributed by atoms with Crippen molar-refractivity contribution >= 4 is 13.7 Å². The van der Waals surface area contributed by atoms with Gasteiger partial charge in [0.15, 0.2) is 0 Å². The number of unbranched alkanes of at least 4 members (excludes halogenated alkanes) is 47. The van der Waals surface area contributed by atoms with Crippen LogP contribution in [0.4, 0.5) is 0 Å². The number of aliphatic hydroxyl groups excluding tert-OH is 1. The highest BCUT2D eigenvalue weighted by Gasteiger charge is 2.28. The minimum absolute atomic E-state index is 0.0618. The molecule has 81 heavy (non-hydrogen) atoms. The minimum atomic E-state index is -4.36. The van der Waals surface area contributed by atoms with Gasteiger partial charge in [-0.2, -0.15) is 0 Å². The van der Waals surface area contributed by atoms with Crippen LogP contribution >= 0.6 is 7.82 Å². The first kappa shape index (κ1) is 79.5. The van der Waals surface area contributed by atoms with Crippen molar-refractivity contribution in [2.75, 3.05) is 40.9 Å². The van der Waals surface area contributed by atoms with Crippen molar-refractivity contribution in [1.82, 2.24) is 5.32 Å². The van der Waals surface area contributed by atoms with Gasteiger partial charge in [-0.05, 0) is 57.8 Å². The molecule has 0 fully saturated rings. The van der Waals surface area contributed by atoms with Crippen LogP contribution in [0.15, 0.2) is 48.6 Å². The molecule has 0 aromatic carbocycles. The molecule has 0 aromatic heterocycles. The number of carbonyl (C=O) groups is 1. The zero-order valence-corrected chi connectivity index (χ0v) is 55.7. The summed E-state index contributed by atoms with van der Waals surface area (Å²) in [6.07, 6.45) is 85.4. The first-order chi connectivity index (χ1) is 39.5. The molecule has 3 unspecified atom stereocenters. The van der Waals surface area contributed by atoms with Gasteiger partial charge in [0.1, 0.15) is 13.2 Å². The number of likely N-dealkylation sites (N-methyl/N-ethyl adjacent to an activating group) is 1. The molecule has 0 spiro atoms. The highest BCUT2D eigenvalue weighted by Crippen LogP contribution is 2.43. The van der Waals surface area contributed by atoms with Crippen LogP contribution in [0, 0.1) is 0 Å². The number of rotatable bonds is 66. The minimum Gasteiger partial charge on any atom is -0.387 e. The molecule has 1 amide bonds. The summed E-state index contributed by atoms with van der Waals surface area (Å²) in [5.41, 5.74) is 0. The quantitative estimate of drug-likeness (QED) is 0.0243. The van der Waals surface area contributed by atoms with Crippen molar-refractivity contribution in [2.24, 2.45) is 0 Å². The second kappa shape index (κ2) is 63.0. The molecule has 0 saturated carbocycles. The predicted octanol–water partition coefficient (Wildman–Crippen LogP) is 22.6. The average Bonchev–Trinajstić information content (AvgIpc) is 3.43. The zero-order valence-electron chi connectivity index (χ0n) is 54.8. The van der Waals surface area contributed by atoms with Crippen LogP contribution in [0.5, 0.6) is 0 Å². The number of amides is 1. The monoisotopic (exact) mass is 1160 g/mol. The standard InChI is InChI=1S/C72H139N2O6P/c1-6-8-10-12-14-16-18-20-22-24-26-28-30-32-34-36-38-39-41-43-45-47-49-51-53-55-57-59-61-63-65-71(75)70(69-80-81(77,78)79-68-67-74(3,4)5)73-72(76)66-64-62-60-58-56-54-52-50-48-46-44-42-40-37-35-33-31-29-27-25-23-21-19-17-15-13-11-9-7-2/h19,21,25,27,31,33,63,65,70-71,75H,6-18,20,22-24,26,28-30,32,34-62,64,66-69H2,1-5H3,(H-,73,76,77,78)/p+1/b21-19-,27-25-,33-31-,65-63+. The van der Waals surface area contributed by atoms with Crippen molar-refractivity contribution < 1.29 is 32.9 Å². The smallest absolute Gasteiger partial charge is 0.387 e. The Kier molecular flexibility index (Phi) is 61.8. The number of hydrogen-bond donors (Lipinski definition) is 3. The third-order valence-corrected chi connectivity index (χ3v) is 17.3. The van der Waals surface area contributed by atoms with Crippen LogP contribution in [-0.2, 0) is 18.4 Å². The normalized spacial score (nSPS) is 13.9. The lowest BCUT2D eigenvalue weighted by molar-refractivity contribution is -0.870. The van der Waals surface area contributed by atoms with Crippen molar-refractivity contribution in [3.05, 3.63) is 48.6 Å². The molecule has 0 aromatic rings. The van der Waals surface area contributed by atoms with Crippen molar-refractivity contribution in [1.29, 1.82) is 0 Å². The molecule has 478 valence electrons. The maximum atomic E-state index is 13.1. The van der Waals surface area contributed by atoms with Gasteiger partial charge < -0.3 is 19.8 Å². The first-order valence-electron chi connectivity index (χ1n) is 35.5. The summed E-state index contributed by atoms with van der Waals surface area (Å²) in [5, 5.41) is 14.0. The second-order valence-electron chi connectivity index (χ2n) is 25.6. The Labute approximate surface area is 505 Å². The summed E-state index contributed by atoms with van der Waals surface area (Å²) in [6, 6.07) is -0.850. The molecule has 3 N–H and O–H groups in total. The molecular weight excluding hydrogens is 1020 g/mol. The summed E-state index contributed by atoms with van der Waals surface area (Å²) >= 11 is 0. The van der Waals surface area contributed by atoms with Gasteiger partial charge in [0.25, 0.3) is 0 Å². The highest BCUT2D eigenvalue weighted by molar-refractivity contribution is 7.47. The van der Waals surface area contributed by atoms with Gasteiger partial charge in [-0.15, -0.1) is 0 Å². The van der Waals surface area contributed by atoms with Gasteiger partial charge in [0.2, 0.25) is 5.91 Å².